The first-order valence-corrected chi connectivity index (χ1v) is 9.85. The van der Waals surface area contributed by atoms with Crippen molar-refractivity contribution in [1.29, 1.82) is 0 Å². The lowest BCUT2D eigenvalue weighted by Crippen LogP contribution is -2.51. The Bertz CT molecular complexity index is 423. The van der Waals surface area contributed by atoms with Crippen LogP contribution in [-0.2, 0) is 14.9 Å². The van der Waals surface area contributed by atoms with Crippen molar-refractivity contribution in [3.8, 4) is 0 Å². The number of unbranched alkanes of at least 4 members (excludes halogenated alkanes) is 2. The zero-order valence-corrected chi connectivity index (χ0v) is 14.9. The summed E-state index contributed by atoms with van der Waals surface area (Å²) in [6.45, 7) is 11.1. The maximum Gasteiger partial charge on any atom is 0.265 e. The van der Waals surface area contributed by atoms with E-state index in [0.29, 0.717) is 19.4 Å². The molecule has 0 saturated carbocycles. The summed E-state index contributed by atoms with van der Waals surface area (Å²) in [4.78, 5) is 11.6. The summed E-state index contributed by atoms with van der Waals surface area (Å²) >= 11 is 0. The Labute approximate surface area is 135 Å². The third-order valence-electron chi connectivity index (χ3n) is 4.07. The monoisotopic (exact) mass is 334 g/mol. The summed E-state index contributed by atoms with van der Waals surface area (Å²) < 4.78 is 31.6. The number of nitrogens with zero attached hydrogens (tertiary/aromatic N) is 1. The molecular weight excluding hydrogens is 302 g/mol. The van der Waals surface area contributed by atoms with Gasteiger partial charge in [-0.05, 0) is 18.9 Å². The summed E-state index contributed by atoms with van der Waals surface area (Å²) in [6, 6.07) is 0. The molecule has 0 spiro atoms. The zero-order valence-electron chi connectivity index (χ0n) is 14.1. The Balaban J connectivity index is 4.89. The third kappa shape index (κ3) is 10.1. The van der Waals surface area contributed by atoms with Crippen LogP contribution in [0.1, 0.15) is 52.4 Å². The van der Waals surface area contributed by atoms with E-state index in [2.05, 4.69) is 20.4 Å². The normalized spacial score (nSPS) is 12.3. The van der Waals surface area contributed by atoms with Gasteiger partial charge in [-0.1, -0.05) is 33.3 Å². The van der Waals surface area contributed by atoms with Gasteiger partial charge in [0.2, 0.25) is 0 Å². The molecule has 0 aliphatic heterocycles. The standard InChI is InChI=1S/C16H31NO4S/c1-4-7-11-17(12-8-5-2,14-10-16(18)6-3)13-9-15-22(19,20)21/h6H,3-5,7-15H2,1-2H3/p+1. The summed E-state index contributed by atoms with van der Waals surface area (Å²) in [6.07, 6.45) is 6.47. The van der Waals surface area contributed by atoms with Crippen LogP contribution < -0.4 is 0 Å². The van der Waals surface area contributed by atoms with E-state index >= 15 is 0 Å². The molecule has 0 rings (SSSR count). The van der Waals surface area contributed by atoms with Gasteiger partial charge in [-0.25, -0.2) is 0 Å². The Hall–Kier alpha value is -0.720. The first-order chi connectivity index (χ1) is 10.3. The van der Waals surface area contributed by atoms with Gasteiger partial charge in [-0.3, -0.25) is 9.35 Å². The van der Waals surface area contributed by atoms with E-state index in [1.807, 2.05) is 0 Å². The van der Waals surface area contributed by atoms with Crippen LogP contribution in [0.15, 0.2) is 12.7 Å². The highest BCUT2D eigenvalue weighted by atomic mass is 32.2. The van der Waals surface area contributed by atoms with Crippen LogP contribution in [-0.4, -0.2) is 55.2 Å². The average Bonchev–Trinajstić information content (AvgIpc) is 2.46. The van der Waals surface area contributed by atoms with Gasteiger partial charge in [0.25, 0.3) is 10.1 Å². The fourth-order valence-electron chi connectivity index (χ4n) is 2.69. The van der Waals surface area contributed by atoms with E-state index in [0.717, 1.165) is 49.8 Å². The second-order valence-corrected chi connectivity index (χ2v) is 7.58. The van der Waals surface area contributed by atoms with E-state index in [9.17, 15) is 13.2 Å². The highest BCUT2D eigenvalue weighted by Crippen LogP contribution is 2.16. The number of carbonyl (C=O) groups excluding carboxylic acids is 1. The Kier molecular flexibility index (Phi) is 10.6. The Morgan fingerprint density at radius 1 is 1.05 bits per heavy atom. The smallest absolute Gasteiger partial charge is 0.265 e. The summed E-state index contributed by atoms with van der Waals surface area (Å²) in [7, 11) is -3.92. The number of ketones is 1. The van der Waals surface area contributed by atoms with Crippen LogP contribution in [0, 0.1) is 0 Å². The maximum absolute atomic E-state index is 11.6. The second-order valence-electron chi connectivity index (χ2n) is 6.00. The number of quaternary nitrogens is 1. The van der Waals surface area contributed by atoms with Crippen molar-refractivity contribution in [2.24, 2.45) is 0 Å². The molecule has 1 N–H and O–H groups in total. The lowest BCUT2D eigenvalue weighted by Gasteiger charge is -2.39. The quantitative estimate of drug-likeness (QED) is 0.301. The molecule has 130 valence electrons. The van der Waals surface area contributed by atoms with E-state index in [4.69, 9.17) is 4.55 Å². The van der Waals surface area contributed by atoms with Crippen LogP contribution in [0.3, 0.4) is 0 Å². The number of rotatable bonds is 14. The Morgan fingerprint density at radius 2 is 1.55 bits per heavy atom. The topological polar surface area (TPSA) is 71.4 Å². The molecule has 0 bridgehead atoms. The Morgan fingerprint density at radius 3 is 1.95 bits per heavy atom. The van der Waals surface area contributed by atoms with Crippen molar-refractivity contribution in [3.05, 3.63) is 12.7 Å². The van der Waals surface area contributed by atoms with Gasteiger partial charge in [0, 0.05) is 6.42 Å². The first kappa shape index (κ1) is 21.3. The van der Waals surface area contributed by atoms with Crippen molar-refractivity contribution in [2.75, 3.05) is 31.9 Å². The van der Waals surface area contributed by atoms with E-state index in [-0.39, 0.29) is 11.5 Å². The van der Waals surface area contributed by atoms with Gasteiger partial charge >= 0.3 is 0 Å². The molecule has 0 aromatic heterocycles. The van der Waals surface area contributed by atoms with Gasteiger partial charge < -0.3 is 4.48 Å². The number of carbonyl (C=O) groups is 1. The van der Waals surface area contributed by atoms with Crippen molar-refractivity contribution in [3.63, 3.8) is 0 Å². The van der Waals surface area contributed by atoms with Crippen LogP contribution >= 0.6 is 0 Å². The minimum atomic E-state index is -3.92. The minimum Gasteiger partial charge on any atom is -0.323 e. The molecule has 6 heteroatoms. The SMILES string of the molecule is C=CC(=O)CC[N+](CCCC)(CCCC)CCCS(=O)(=O)O. The minimum absolute atomic E-state index is 0.0327. The molecule has 0 heterocycles. The molecule has 0 aromatic rings. The molecule has 0 fully saturated rings. The van der Waals surface area contributed by atoms with Crippen LogP contribution in [0.2, 0.25) is 0 Å². The van der Waals surface area contributed by atoms with Crippen LogP contribution in [0.5, 0.6) is 0 Å². The van der Waals surface area contributed by atoms with Gasteiger partial charge in [0.15, 0.2) is 5.78 Å². The molecule has 0 atom stereocenters. The zero-order chi connectivity index (χ0) is 17.1. The lowest BCUT2D eigenvalue weighted by atomic mass is 10.1. The molecule has 0 amide bonds. The first-order valence-electron chi connectivity index (χ1n) is 8.24. The highest BCUT2D eigenvalue weighted by Gasteiger charge is 2.27. The van der Waals surface area contributed by atoms with Crippen molar-refractivity contribution < 1.29 is 22.2 Å². The molecular formula is C16H32NO4S+. The fourth-order valence-corrected chi connectivity index (χ4v) is 3.18. The van der Waals surface area contributed by atoms with Crippen molar-refractivity contribution in [1.82, 2.24) is 0 Å². The summed E-state index contributed by atoms with van der Waals surface area (Å²) in [5, 5.41) is 0. The predicted octanol–water partition coefficient (Wildman–Crippen LogP) is 2.83. The van der Waals surface area contributed by atoms with Gasteiger partial charge in [0.05, 0.1) is 38.4 Å². The van der Waals surface area contributed by atoms with E-state index in [1.54, 1.807) is 0 Å². The van der Waals surface area contributed by atoms with E-state index in [1.165, 1.54) is 6.08 Å². The lowest BCUT2D eigenvalue weighted by molar-refractivity contribution is -0.928. The van der Waals surface area contributed by atoms with Gasteiger partial charge in [0.1, 0.15) is 0 Å². The molecule has 0 aliphatic rings. The summed E-state index contributed by atoms with van der Waals surface area (Å²) in [5.41, 5.74) is 0. The maximum atomic E-state index is 11.6. The van der Waals surface area contributed by atoms with Crippen molar-refractivity contribution in [2.45, 2.75) is 52.4 Å². The largest absolute Gasteiger partial charge is 0.323 e. The molecule has 22 heavy (non-hydrogen) atoms. The van der Waals surface area contributed by atoms with Gasteiger partial charge in [-0.15, -0.1) is 0 Å². The van der Waals surface area contributed by atoms with Gasteiger partial charge in [-0.2, -0.15) is 8.42 Å². The fraction of sp³-hybridized carbons (Fsp3) is 0.812. The van der Waals surface area contributed by atoms with E-state index < -0.39 is 10.1 Å². The molecule has 0 unspecified atom stereocenters. The molecule has 0 radical (unpaired) electrons. The highest BCUT2D eigenvalue weighted by molar-refractivity contribution is 7.85. The molecule has 0 aliphatic carbocycles. The average molecular weight is 335 g/mol. The summed E-state index contributed by atoms with van der Waals surface area (Å²) in [5.74, 6) is -0.175. The third-order valence-corrected chi connectivity index (χ3v) is 4.87. The van der Waals surface area contributed by atoms with Crippen LogP contribution in [0.25, 0.3) is 0 Å². The van der Waals surface area contributed by atoms with Crippen LogP contribution in [0.4, 0.5) is 0 Å². The number of allylic oxidation sites excluding steroid dienone is 1. The number of hydrogen-bond acceptors (Lipinski definition) is 3. The second kappa shape index (κ2) is 10.9. The molecule has 0 aromatic carbocycles. The van der Waals surface area contributed by atoms with Crippen molar-refractivity contribution >= 4 is 15.9 Å². The molecule has 0 saturated heterocycles. The number of hydrogen-bond donors (Lipinski definition) is 1. The molecule has 5 nitrogen and oxygen atoms in total. The predicted molar refractivity (Wildman–Crippen MR) is 90.4 cm³/mol.